The standard InChI is InChI=1S/C17H18N4O3/c22-15(9-8-13-5-2-1-3-6-13)19-12-10-16(23)20-21-17(24)14-7-4-11-18-14/h1-9,11,18H,10,12H2,(H,19,22)(H,20,23)(H,21,24)/b9-8+. The summed E-state index contributed by atoms with van der Waals surface area (Å²) in [4.78, 5) is 37.5. The molecule has 0 bridgehead atoms. The summed E-state index contributed by atoms with van der Waals surface area (Å²) in [6.07, 6.45) is 4.75. The van der Waals surface area contributed by atoms with Crippen molar-refractivity contribution in [1.29, 1.82) is 0 Å². The van der Waals surface area contributed by atoms with Crippen LogP contribution in [0.5, 0.6) is 0 Å². The third kappa shape index (κ3) is 5.80. The van der Waals surface area contributed by atoms with Gasteiger partial charge < -0.3 is 10.3 Å². The Balaban J connectivity index is 1.62. The van der Waals surface area contributed by atoms with E-state index in [2.05, 4.69) is 21.2 Å². The van der Waals surface area contributed by atoms with E-state index in [1.807, 2.05) is 30.3 Å². The molecule has 0 atom stereocenters. The third-order valence-electron chi connectivity index (χ3n) is 3.04. The van der Waals surface area contributed by atoms with Crippen LogP contribution in [0.4, 0.5) is 0 Å². The number of amides is 3. The predicted octanol–water partition coefficient (Wildman–Crippen LogP) is 0.995. The van der Waals surface area contributed by atoms with Crippen LogP contribution < -0.4 is 16.2 Å². The van der Waals surface area contributed by atoms with Crippen molar-refractivity contribution >= 4 is 23.8 Å². The minimum absolute atomic E-state index is 0.0515. The van der Waals surface area contributed by atoms with Gasteiger partial charge in [0.1, 0.15) is 5.69 Å². The number of nitrogens with one attached hydrogen (secondary N) is 4. The summed E-state index contributed by atoms with van der Waals surface area (Å²) in [6, 6.07) is 12.7. The molecule has 0 saturated heterocycles. The van der Waals surface area contributed by atoms with Gasteiger partial charge in [-0.3, -0.25) is 25.2 Å². The molecule has 0 saturated carbocycles. The molecule has 0 fully saturated rings. The molecule has 2 rings (SSSR count). The van der Waals surface area contributed by atoms with Crippen molar-refractivity contribution in [2.45, 2.75) is 6.42 Å². The van der Waals surface area contributed by atoms with Crippen LogP contribution in [-0.2, 0) is 9.59 Å². The molecule has 1 aromatic heterocycles. The topological polar surface area (TPSA) is 103 Å². The van der Waals surface area contributed by atoms with E-state index in [4.69, 9.17) is 0 Å². The highest BCUT2D eigenvalue weighted by Gasteiger charge is 2.07. The molecular formula is C17H18N4O3. The second-order valence-electron chi connectivity index (χ2n) is 4.87. The second-order valence-corrected chi connectivity index (χ2v) is 4.87. The molecule has 2 aromatic rings. The van der Waals surface area contributed by atoms with Gasteiger partial charge in [0.05, 0.1) is 0 Å². The maximum Gasteiger partial charge on any atom is 0.286 e. The van der Waals surface area contributed by atoms with E-state index in [-0.39, 0.29) is 18.9 Å². The summed E-state index contributed by atoms with van der Waals surface area (Å²) in [5.74, 6) is -1.13. The van der Waals surface area contributed by atoms with Crippen molar-refractivity contribution in [2.75, 3.05) is 6.54 Å². The number of H-pyrrole nitrogens is 1. The van der Waals surface area contributed by atoms with Crippen LogP contribution in [0.15, 0.2) is 54.7 Å². The Morgan fingerprint density at radius 3 is 2.50 bits per heavy atom. The SMILES string of the molecule is O=C(/C=C/c1ccccc1)NCCC(=O)NNC(=O)c1ccc[nH]1. The molecule has 1 heterocycles. The third-order valence-corrected chi connectivity index (χ3v) is 3.04. The first-order valence-corrected chi connectivity index (χ1v) is 7.38. The highest BCUT2D eigenvalue weighted by atomic mass is 16.2. The van der Waals surface area contributed by atoms with Crippen molar-refractivity contribution < 1.29 is 14.4 Å². The molecule has 7 heteroatoms. The highest BCUT2D eigenvalue weighted by Crippen LogP contribution is 2.00. The quantitative estimate of drug-likeness (QED) is 0.470. The fourth-order valence-electron chi connectivity index (χ4n) is 1.82. The maximum absolute atomic E-state index is 11.6. The van der Waals surface area contributed by atoms with Gasteiger partial charge in [-0.25, -0.2) is 0 Å². The smallest absolute Gasteiger partial charge is 0.286 e. The molecule has 24 heavy (non-hydrogen) atoms. The van der Waals surface area contributed by atoms with Gasteiger partial charge in [0.15, 0.2) is 0 Å². The van der Waals surface area contributed by atoms with E-state index in [1.165, 1.54) is 6.08 Å². The number of hydrazine groups is 1. The molecule has 0 aliphatic heterocycles. The fourth-order valence-corrected chi connectivity index (χ4v) is 1.82. The first kappa shape index (κ1) is 17.0. The first-order valence-electron chi connectivity index (χ1n) is 7.38. The average molecular weight is 326 g/mol. The number of hydrogen-bond donors (Lipinski definition) is 4. The Hall–Kier alpha value is -3.35. The number of hydrogen-bond acceptors (Lipinski definition) is 3. The number of benzene rings is 1. The van der Waals surface area contributed by atoms with Crippen molar-refractivity contribution in [3.63, 3.8) is 0 Å². The van der Waals surface area contributed by atoms with Crippen LogP contribution in [0.25, 0.3) is 6.08 Å². The van der Waals surface area contributed by atoms with Gasteiger partial charge in [-0.05, 0) is 23.8 Å². The van der Waals surface area contributed by atoms with Gasteiger partial charge in [0, 0.05) is 25.2 Å². The van der Waals surface area contributed by atoms with Gasteiger partial charge in [-0.15, -0.1) is 0 Å². The Morgan fingerprint density at radius 1 is 1.00 bits per heavy atom. The number of rotatable bonds is 6. The van der Waals surface area contributed by atoms with Crippen LogP contribution in [0.3, 0.4) is 0 Å². The summed E-state index contributed by atoms with van der Waals surface area (Å²) in [7, 11) is 0. The van der Waals surface area contributed by atoms with Crippen molar-refractivity contribution in [2.24, 2.45) is 0 Å². The van der Waals surface area contributed by atoms with Crippen LogP contribution in [0, 0.1) is 0 Å². The van der Waals surface area contributed by atoms with Gasteiger partial charge in [-0.1, -0.05) is 30.3 Å². The normalized spacial score (nSPS) is 10.3. The van der Waals surface area contributed by atoms with Gasteiger partial charge in [0.2, 0.25) is 11.8 Å². The lowest BCUT2D eigenvalue weighted by molar-refractivity contribution is -0.122. The summed E-state index contributed by atoms with van der Waals surface area (Å²) in [5, 5.41) is 2.59. The summed E-state index contributed by atoms with van der Waals surface area (Å²) >= 11 is 0. The van der Waals surface area contributed by atoms with Crippen molar-refractivity contribution in [1.82, 2.24) is 21.2 Å². The Bertz CT molecular complexity index is 709. The molecule has 3 amide bonds. The van der Waals surface area contributed by atoms with E-state index in [1.54, 1.807) is 24.4 Å². The van der Waals surface area contributed by atoms with Crippen molar-refractivity contribution in [3.05, 3.63) is 66.0 Å². The predicted molar refractivity (Wildman–Crippen MR) is 89.5 cm³/mol. The molecule has 0 unspecified atom stereocenters. The number of aromatic nitrogens is 1. The lowest BCUT2D eigenvalue weighted by Crippen LogP contribution is -2.42. The van der Waals surface area contributed by atoms with Crippen LogP contribution >= 0.6 is 0 Å². The summed E-state index contributed by atoms with van der Waals surface area (Å²) in [5.41, 5.74) is 5.80. The van der Waals surface area contributed by atoms with Crippen LogP contribution in [0.1, 0.15) is 22.5 Å². The average Bonchev–Trinajstić information content (AvgIpc) is 3.13. The zero-order valence-electron chi connectivity index (χ0n) is 12.9. The molecule has 1 aromatic carbocycles. The number of aromatic amines is 1. The molecule has 7 nitrogen and oxygen atoms in total. The molecular weight excluding hydrogens is 308 g/mol. The second kappa shape index (κ2) is 8.94. The Labute approximate surface area is 139 Å². The summed E-state index contributed by atoms with van der Waals surface area (Å²) < 4.78 is 0. The number of carbonyl (C=O) groups is 3. The van der Waals surface area contributed by atoms with Crippen LogP contribution in [0.2, 0.25) is 0 Å². The lowest BCUT2D eigenvalue weighted by atomic mass is 10.2. The minimum atomic E-state index is -0.441. The molecule has 4 N–H and O–H groups in total. The Kier molecular flexibility index (Phi) is 6.34. The zero-order valence-corrected chi connectivity index (χ0v) is 12.9. The van der Waals surface area contributed by atoms with E-state index in [0.717, 1.165) is 5.56 Å². The monoisotopic (exact) mass is 326 g/mol. The molecule has 0 aliphatic carbocycles. The van der Waals surface area contributed by atoms with E-state index in [0.29, 0.717) is 5.69 Å². The minimum Gasteiger partial charge on any atom is -0.357 e. The zero-order chi connectivity index (χ0) is 17.2. The molecule has 0 spiro atoms. The van der Waals surface area contributed by atoms with Gasteiger partial charge in [0.25, 0.3) is 5.91 Å². The van der Waals surface area contributed by atoms with Crippen LogP contribution in [-0.4, -0.2) is 29.3 Å². The Morgan fingerprint density at radius 2 is 1.79 bits per heavy atom. The molecule has 0 aliphatic rings. The highest BCUT2D eigenvalue weighted by molar-refractivity contribution is 5.94. The van der Waals surface area contributed by atoms with E-state index in [9.17, 15) is 14.4 Å². The lowest BCUT2D eigenvalue weighted by Gasteiger charge is -2.06. The maximum atomic E-state index is 11.6. The molecule has 0 radical (unpaired) electrons. The van der Waals surface area contributed by atoms with Gasteiger partial charge in [-0.2, -0.15) is 0 Å². The first-order chi connectivity index (χ1) is 11.6. The van der Waals surface area contributed by atoms with Crippen molar-refractivity contribution in [3.8, 4) is 0 Å². The van der Waals surface area contributed by atoms with Gasteiger partial charge >= 0.3 is 0 Å². The van der Waals surface area contributed by atoms with E-state index < -0.39 is 11.8 Å². The fraction of sp³-hybridized carbons (Fsp3) is 0.118. The molecule has 124 valence electrons. The number of carbonyl (C=O) groups excluding carboxylic acids is 3. The van der Waals surface area contributed by atoms with E-state index >= 15 is 0 Å². The largest absolute Gasteiger partial charge is 0.357 e. The summed E-state index contributed by atoms with van der Waals surface area (Å²) in [6.45, 7) is 0.169.